The van der Waals surface area contributed by atoms with Crippen molar-refractivity contribution in [2.75, 3.05) is 12.5 Å². The van der Waals surface area contributed by atoms with Gasteiger partial charge in [0.1, 0.15) is 18.5 Å². The molecule has 0 spiro atoms. The van der Waals surface area contributed by atoms with Gasteiger partial charge in [0.25, 0.3) is 0 Å². The molecule has 1 rings (SSSR count). The number of rotatable bonds is 4. The molecule has 3 heteroatoms. The second-order valence-corrected chi connectivity index (χ2v) is 3.70. The highest BCUT2D eigenvalue weighted by Gasteiger charge is 2.04. The molecule has 0 radical (unpaired) electrons. The van der Waals surface area contributed by atoms with Crippen molar-refractivity contribution in [1.29, 1.82) is 0 Å². The van der Waals surface area contributed by atoms with Crippen molar-refractivity contribution in [3.05, 3.63) is 29.3 Å². The lowest BCUT2D eigenvalue weighted by Gasteiger charge is -2.12. The van der Waals surface area contributed by atoms with Crippen molar-refractivity contribution < 1.29 is 9.84 Å². The third-order valence-corrected chi connectivity index (χ3v) is 2.31. The summed E-state index contributed by atoms with van der Waals surface area (Å²) in [5.74, 6) is 1.01. The molecule has 0 aliphatic carbocycles. The molecule has 0 heterocycles. The Hall–Kier alpha value is -0.730. The van der Waals surface area contributed by atoms with Crippen LogP contribution in [0.2, 0.25) is 0 Å². The second-order valence-electron chi connectivity index (χ2n) is 3.39. The van der Waals surface area contributed by atoms with E-state index in [1.807, 2.05) is 32.0 Å². The molecule has 0 amide bonds. The molecule has 1 atom stereocenters. The van der Waals surface area contributed by atoms with Crippen LogP contribution in [0.15, 0.2) is 18.2 Å². The Labute approximate surface area is 89.5 Å². The lowest BCUT2D eigenvalue weighted by molar-refractivity contribution is 0.125. The fourth-order valence-electron chi connectivity index (χ4n) is 1.09. The predicted octanol–water partition coefficient (Wildman–Crippen LogP) is 2.28. The summed E-state index contributed by atoms with van der Waals surface area (Å²) < 4.78 is 5.44. The van der Waals surface area contributed by atoms with E-state index in [2.05, 4.69) is 0 Å². The van der Waals surface area contributed by atoms with Crippen molar-refractivity contribution >= 4 is 11.6 Å². The largest absolute Gasteiger partial charge is 0.491 e. The minimum Gasteiger partial charge on any atom is -0.491 e. The standard InChI is InChI=1S/C11H15ClO2/c1-8-3-4-9(2)11(5-8)14-7-10(13)6-12/h3-5,10,13H,6-7H2,1-2H3. The Morgan fingerprint density at radius 2 is 2.14 bits per heavy atom. The molecule has 0 fully saturated rings. The number of aliphatic hydroxyl groups excluding tert-OH is 1. The fourth-order valence-corrected chi connectivity index (χ4v) is 1.18. The number of aryl methyl sites for hydroxylation is 2. The van der Waals surface area contributed by atoms with Crippen LogP contribution < -0.4 is 4.74 Å². The van der Waals surface area contributed by atoms with E-state index in [1.165, 1.54) is 0 Å². The van der Waals surface area contributed by atoms with Crippen LogP contribution in [0, 0.1) is 13.8 Å². The van der Waals surface area contributed by atoms with E-state index in [0.29, 0.717) is 0 Å². The molecule has 0 saturated carbocycles. The molecule has 1 aromatic carbocycles. The maximum Gasteiger partial charge on any atom is 0.122 e. The number of hydrogen-bond acceptors (Lipinski definition) is 2. The highest BCUT2D eigenvalue weighted by molar-refractivity contribution is 6.18. The Morgan fingerprint density at radius 1 is 1.43 bits per heavy atom. The van der Waals surface area contributed by atoms with Crippen LogP contribution in [-0.2, 0) is 0 Å². The monoisotopic (exact) mass is 214 g/mol. The zero-order valence-corrected chi connectivity index (χ0v) is 9.21. The summed E-state index contributed by atoms with van der Waals surface area (Å²) in [4.78, 5) is 0. The smallest absolute Gasteiger partial charge is 0.122 e. The second kappa shape index (κ2) is 5.23. The number of halogens is 1. The molecule has 0 aliphatic rings. The summed E-state index contributed by atoms with van der Waals surface area (Å²) >= 11 is 5.46. The molecular weight excluding hydrogens is 200 g/mol. The van der Waals surface area contributed by atoms with Crippen LogP contribution >= 0.6 is 11.6 Å². The highest BCUT2D eigenvalue weighted by atomic mass is 35.5. The van der Waals surface area contributed by atoms with Crippen molar-refractivity contribution in [2.24, 2.45) is 0 Å². The first-order chi connectivity index (χ1) is 6.63. The van der Waals surface area contributed by atoms with Crippen molar-refractivity contribution in [1.82, 2.24) is 0 Å². The van der Waals surface area contributed by atoms with Crippen LogP contribution in [-0.4, -0.2) is 23.7 Å². The Morgan fingerprint density at radius 3 is 2.79 bits per heavy atom. The quantitative estimate of drug-likeness (QED) is 0.780. The topological polar surface area (TPSA) is 29.5 Å². The molecule has 1 unspecified atom stereocenters. The third-order valence-electron chi connectivity index (χ3n) is 1.95. The normalized spacial score (nSPS) is 12.6. The summed E-state index contributed by atoms with van der Waals surface area (Å²) in [6.07, 6.45) is -0.600. The molecule has 1 aromatic rings. The molecular formula is C11H15ClO2. The summed E-state index contributed by atoms with van der Waals surface area (Å²) in [5, 5.41) is 9.22. The summed E-state index contributed by atoms with van der Waals surface area (Å²) in [6, 6.07) is 5.98. The van der Waals surface area contributed by atoms with Gasteiger partial charge in [-0.25, -0.2) is 0 Å². The summed E-state index contributed by atoms with van der Waals surface area (Å²) in [7, 11) is 0. The zero-order chi connectivity index (χ0) is 10.6. The number of aliphatic hydroxyl groups is 1. The number of ether oxygens (including phenoxy) is 1. The zero-order valence-electron chi connectivity index (χ0n) is 8.46. The predicted molar refractivity (Wildman–Crippen MR) is 58.1 cm³/mol. The molecule has 14 heavy (non-hydrogen) atoms. The molecule has 1 N–H and O–H groups in total. The van der Waals surface area contributed by atoms with E-state index in [9.17, 15) is 5.11 Å². The minimum atomic E-state index is -0.600. The molecule has 0 saturated heterocycles. The van der Waals surface area contributed by atoms with E-state index >= 15 is 0 Å². The lowest BCUT2D eigenvalue weighted by Crippen LogP contribution is -2.19. The van der Waals surface area contributed by atoms with Crippen molar-refractivity contribution in [2.45, 2.75) is 20.0 Å². The van der Waals surface area contributed by atoms with Gasteiger partial charge in [-0.05, 0) is 31.0 Å². The number of benzene rings is 1. The molecule has 2 nitrogen and oxygen atoms in total. The van der Waals surface area contributed by atoms with E-state index in [0.717, 1.165) is 16.9 Å². The summed E-state index contributed by atoms with van der Waals surface area (Å²) in [5.41, 5.74) is 2.21. The van der Waals surface area contributed by atoms with Crippen LogP contribution in [0.5, 0.6) is 5.75 Å². The van der Waals surface area contributed by atoms with Gasteiger partial charge in [-0.15, -0.1) is 11.6 Å². The Bertz CT molecular complexity index is 299. The molecule has 0 bridgehead atoms. The van der Waals surface area contributed by atoms with Crippen molar-refractivity contribution in [3.63, 3.8) is 0 Å². The third kappa shape index (κ3) is 3.20. The van der Waals surface area contributed by atoms with Crippen LogP contribution in [0.25, 0.3) is 0 Å². The highest BCUT2D eigenvalue weighted by Crippen LogP contribution is 2.19. The van der Waals surface area contributed by atoms with E-state index < -0.39 is 6.10 Å². The Kier molecular flexibility index (Phi) is 4.23. The van der Waals surface area contributed by atoms with Crippen LogP contribution in [0.3, 0.4) is 0 Å². The SMILES string of the molecule is Cc1ccc(C)c(OCC(O)CCl)c1. The first kappa shape index (κ1) is 11.3. The van der Waals surface area contributed by atoms with E-state index in [-0.39, 0.29) is 12.5 Å². The van der Waals surface area contributed by atoms with Gasteiger partial charge in [0.15, 0.2) is 0 Å². The first-order valence-corrected chi connectivity index (χ1v) is 5.11. The average Bonchev–Trinajstić information content (AvgIpc) is 2.19. The van der Waals surface area contributed by atoms with Gasteiger partial charge in [0.05, 0.1) is 5.88 Å². The van der Waals surface area contributed by atoms with Crippen molar-refractivity contribution in [3.8, 4) is 5.75 Å². The van der Waals surface area contributed by atoms with Gasteiger partial charge >= 0.3 is 0 Å². The van der Waals surface area contributed by atoms with Crippen LogP contribution in [0.1, 0.15) is 11.1 Å². The minimum absolute atomic E-state index is 0.199. The number of alkyl halides is 1. The Balaban J connectivity index is 2.62. The molecule has 0 aliphatic heterocycles. The van der Waals surface area contributed by atoms with E-state index in [1.54, 1.807) is 0 Å². The van der Waals surface area contributed by atoms with Gasteiger partial charge in [-0.2, -0.15) is 0 Å². The maximum atomic E-state index is 9.22. The number of hydrogen-bond donors (Lipinski definition) is 1. The van der Waals surface area contributed by atoms with Crippen LogP contribution in [0.4, 0.5) is 0 Å². The maximum absolute atomic E-state index is 9.22. The van der Waals surface area contributed by atoms with Gasteiger partial charge in [-0.3, -0.25) is 0 Å². The fraction of sp³-hybridized carbons (Fsp3) is 0.455. The molecule has 0 aromatic heterocycles. The molecule has 78 valence electrons. The summed E-state index contributed by atoms with van der Waals surface area (Å²) in [6.45, 7) is 4.22. The van der Waals surface area contributed by atoms with Gasteiger partial charge in [0, 0.05) is 0 Å². The van der Waals surface area contributed by atoms with Gasteiger partial charge in [0.2, 0.25) is 0 Å². The van der Waals surface area contributed by atoms with Gasteiger partial charge < -0.3 is 9.84 Å². The van der Waals surface area contributed by atoms with Gasteiger partial charge in [-0.1, -0.05) is 12.1 Å². The van der Waals surface area contributed by atoms with E-state index in [4.69, 9.17) is 16.3 Å². The first-order valence-electron chi connectivity index (χ1n) is 4.57. The lowest BCUT2D eigenvalue weighted by atomic mass is 10.1. The average molecular weight is 215 g/mol.